The normalized spacial score (nSPS) is 30.9. The van der Waals surface area contributed by atoms with Crippen molar-refractivity contribution in [3.05, 3.63) is 23.8 Å². The Balaban J connectivity index is 2.56. The van der Waals surface area contributed by atoms with Gasteiger partial charge >= 0.3 is 0 Å². The molecule has 0 aromatic carbocycles. The first-order valence-electron chi connectivity index (χ1n) is 4.13. The number of nitrogens with one attached hydrogen (secondary N) is 1. The van der Waals surface area contributed by atoms with E-state index in [-0.39, 0.29) is 0 Å². The van der Waals surface area contributed by atoms with Crippen LogP contribution in [0.4, 0.5) is 0 Å². The van der Waals surface area contributed by atoms with E-state index in [1.54, 1.807) is 0 Å². The zero-order chi connectivity index (χ0) is 8.27. The summed E-state index contributed by atoms with van der Waals surface area (Å²) in [6.07, 6.45) is 8.79. The first kappa shape index (κ1) is 8.25. The first-order valence-corrected chi connectivity index (χ1v) is 4.13. The van der Waals surface area contributed by atoms with Gasteiger partial charge in [-0.05, 0) is 30.8 Å². The van der Waals surface area contributed by atoms with Gasteiger partial charge in [0.1, 0.15) is 0 Å². The third-order valence-corrected chi connectivity index (χ3v) is 2.19. The highest BCUT2D eigenvalue weighted by Crippen LogP contribution is 2.42. The Kier molecular flexibility index (Phi) is 2.64. The second kappa shape index (κ2) is 3.51. The zero-order valence-electron chi connectivity index (χ0n) is 7.17. The Morgan fingerprint density at radius 1 is 1.55 bits per heavy atom. The minimum atomic E-state index is 0.670. The molecule has 1 fully saturated rings. The van der Waals surface area contributed by atoms with Gasteiger partial charge in [-0.15, -0.1) is 0 Å². The molecule has 2 atom stereocenters. The summed E-state index contributed by atoms with van der Waals surface area (Å²) in [4.78, 5) is 0. The largest absolute Gasteiger partial charge is 0.308 e. The van der Waals surface area contributed by atoms with Crippen molar-refractivity contribution in [1.29, 1.82) is 5.41 Å². The Labute approximate surface area is 68.3 Å². The Hall–Kier alpha value is -0.850. The van der Waals surface area contributed by atoms with Gasteiger partial charge in [0.15, 0.2) is 0 Å². The lowest BCUT2D eigenvalue weighted by atomic mass is 10.1. The van der Waals surface area contributed by atoms with E-state index in [9.17, 15) is 0 Å². The summed E-state index contributed by atoms with van der Waals surface area (Å²) in [6, 6.07) is 0. The molecule has 0 aromatic rings. The van der Waals surface area contributed by atoms with E-state index in [1.807, 2.05) is 25.2 Å². The molecule has 0 saturated heterocycles. The zero-order valence-corrected chi connectivity index (χ0v) is 7.17. The van der Waals surface area contributed by atoms with E-state index in [1.165, 1.54) is 18.2 Å². The molecule has 1 nitrogen and oxygen atoms in total. The predicted molar refractivity (Wildman–Crippen MR) is 49.0 cm³/mol. The summed E-state index contributed by atoms with van der Waals surface area (Å²) in [5.74, 6) is 1.47. The van der Waals surface area contributed by atoms with Crippen LogP contribution in [0.5, 0.6) is 0 Å². The van der Waals surface area contributed by atoms with Gasteiger partial charge in [0.05, 0.1) is 0 Å². The van der Waals surface area contributed by atoms with E-state index in [0.717, 1.165) is 5.92 Å². The lowest BCUT2D eigenvalue weighted by Gasteiger charge is -1.93. The number of hydrogen-bond donors (Lipinski definition) is 1. The fourth-order valence-corrected chi connectivity index (χ4v) is 1.27. The van der Waals surface area contributed by atoms with Crippen LogP contribution in [0.2, 0.25) is 0 Å². The van der Waals surface area contributed by atoms with Gasteiger partial charge in [0.25, 0.3) is 0 Å². The van der Waals surface area contributed by atoms with Crippen LogP contribution in [0.3, 0.4) is 0 Å². The molecule has 0 aromatic heterocycles. The molecule has 0 aliphatic heterocycles. The molecule has 1 saturated carbocycles. The highest BCUT2D eigenvalue weighted by molar-refractivity contribution is 5.77. The highest BCUT2D eigenvalue weighted by atomic mass is 14.4. The summed E-state index contributed by atoms with van der Waals surface area (Å²) in [7, 11) is 0. The molecule has 60 valence electrons. The molecule has 11 heavy (non-hydrogen) atoms. The molecule has 1 heteroatoms. The first-order chi connectivity index (χ1) is 5.29. The van der Waals surface area contributed by atoms with Crippen LogP contribution in [0.15, 0.2) is 23.8 Å². The van der Waals surface area contributed by atoms with Crippen LogP contribution in [0.1, 0.15) is 20.3 Å². The average molecular weight is 149 g/mol. The fourth-order valence-electron chi connectivity index (χ4n) is 1.27. The van der Waals surface area contributed by atoms with Gasteiger partial charge in [-0.25, -0.2) is 0 Å². The third-order valence-electron chi connectivity index (χ3n) is 2.19. The summed E-state index contributed by atoms with van der Waals surface area (Å²) in [6.45, 7) is 4.23. The monoisotopic (exact) mass is 149 g/mol. The van der Waals surface area contributed by atoms with Gasteiger partial charge in [-0.2, -0.15) is 0 Å². The van der Waals surface area contributed by atoms with Gasteiger partial charge < -0.3 is 5.41 Å². The summed E-state index contributed by atoms with van der Waals surface area (Å²) >= 11 is 0. The van der Waals surface area contributed by atoms with Crippen molar-refractivity contribution in [2.24, 2.45) is 11.8 Å². The SMILES string of the molecule is C/C=C/C=C(\C=N)C1CC1C. The molecule has 0 radical (unpaired) electrons. The smallest absolute Gasteiger partial charge is 0.0212 e. The molecule has 1 aliphatic carbocycles. The van der Waals surface area contributed by atoms with Crippen LogP contribution >= 0.6 is 0 Å². The summed E-state index contributed by atoms with van der Waals surface area (Å²) in [5.41, 5.74) is 1.18. The van der Waals surface area contributed by atoms with Gasteiger partial charge in [0, 0.05) is 6.21 Å². The van der Waals surface area contributed by atoms with Crippen molar-refractivity contribution in [3.63, 3.8) is 0 Å². The van der Waals surface area contributed by atoms with Crippen molar-refractivity contribution >= 4 is 6.21 Å². The Morgan fingerprint density at radius 3 is 2.55 bits per heavy atom. The number of hydrogen-bond acceptors (Lipinski definition) is 1. The van der Waals surface area contributed by atoms with Crippen molar-refractivity contribution in [2.75, 3.05) is 0 Å². The molecular formula is C10H15N. The Bertz CT molecular complexity index is 201. The molecule has 1 N–H and O–H groups in total. The Morgan fingerprint density at radius 2 is 2.18 bits per heavy atom. The second-order valence-electron chi connectivity index (χ2n) is 3.16. The molecule has 1 rings (SSSR count). The minimum absolute atomic E-state index is 0.670. The van der Waals surface area contributed by atoms with Crippen molar-refractivity contribution in [1.82, 2.24) is 0 Å². The highest BCUT2D eigenvalue weighted by Gasteiger charge is 2.34. The molecule has 2 unspecified atom stereocenters. The number of rotatable bonds is 3. The maximum absolute atomic E-state index is 7.17. The lowest BCUT2D eigenvalue weighted by molar-refractivity contribution is 0.883. The van der Waals surface area contributed by atoms with Crippen LogP contribution in [0.25, 0.3) is 0 Å². The summed E-state index contributed by atoms with van der Waals surface area (Å²) in [5, 5.41) is 7.17. The standard InChI is InChI=1S/C10H15N/c1-3-4-5-9(7-11)10-6-8(10)2/h3-5,7-8,10-11H,6H2,1-2H3/b4-3+,9-5+,11-7?. The van der Waals surface area contributed by atoms with E-state index >= 15 is 0 Å². The van der Waals surface area contributed by atoms with Crippen LogP contribution in [0, 0.1) is 17.2 Å². The molecule has 1 aliphatic rings. The quantitative estimate of drug-likeness (QED) is 0.471. The predicted octanol–water partition coefficient (Wildman–Crippen LogP) is 2.79. The van der Waals surface area contributed by atoms with Crippen molar-refractivity contribution in [3.8, 4) is 0 Å². The maximum Gasteiger partial charge on any atom is 0.0212 e. The van der Waals surface area contributed by atoms with Gasteiger partial charge in [-0.1, -0.05) is 25.2 Å². The van der Waals surface area contributed by atoms with Crippen LogP contribution in [-0.4, -0.2) is 6.21 Å². The van der Waals surface area contributed by atoms with Crippen LogP contribution in [-0.2, 0) is 0 Å². The summed E-state index contributed by atoms with van der Waals surface area (Å²) < 4.78 is 0. The van der Waals surface area contributed by atoms with Crippen molar-refractivity contribution in [2.45, 2.75) is 20.3 Å². The lowest BCUT2D eigenvalue weighted by Crippen LogP contribution is -1.87. The third kappa shape index (κ3) is 2.04. The van der Waals surface area contributed by atoms with E-state index in [4.69, 9.17) is 5.41 Å². The number of allylic oxidation sites excluding steroid dienone is 4. The fraction of sp³-hybridized carbons (Fsp3) is 0.500. The molecule has 0 spiro atoms. The van der Waals surface area contributed by atoms with E-state index in [0.29, 0.717) is 5.92 Å². The minimum Gasteiger partial charge on any atom is -0.308 e. The average Bonchev–Trinajstić information content (AvgIpc) is 2.69. The molecule has 0 bridgehead atoms. The van der Waals surface area contributed by atoms with Crippen molar-refractivity contribution < 1.29 is 0 Å². The molecule has 0 heterocycles. The van der Waals surface area contributed by atoms with E-state index in [2.05, 4.69) is 6.92 Å². The van der Waals surface area contributed by atoms with Gasteiger partial charge in [0.2, 0.25) is 0 Å². The molecular weight excluding hydrogens is 134 g/mol. The van der Waals surface area contributed by atoms with Crippen LogP contribution < -0.4 is 0 Å². The van der Waals surface area contributed by atoms with Gasteiger partial charge in [-0.3, -0.25) is 0 Å². The maximum atomic E-state index is 7.17. The molecule has 0 amide bonds. The van der Waals surface area contributed by atoms with E-state index < -0.39 is 0 Å². The topological polar surface area (TPSA) is 23.9 Å². The second-order valence-corrected chi connectivity index (χ2v) is 3.16.